The van der Waals surface area contributed by atoms with Crippen LogP contribution in [-0.2, 0) is 4.74 Å². The minimum atomic E-state index is -0.828. The van der Waals surface area contributed by atoms with E-state index in [2.05, 4.69) is 6.92 Å². The van der Waals surface area contributed by atoms with Crippen LogP contribution in [-0.4, -0.2) is 23.7 Å². The van der Waals surface area contributed by atoms with Crippen LogP contribution >= 0.6 is 12.4 Å². The van der Waals surface area contributed by atoms with Gasteiger partial charge in [0, 0.05) is 0 Å². The van der Waals surface area contributed by atoms with Crippen molar-refractivity contribution in [2.45, 2.75) is 39.2 Å². The Morgan fingerprint density at radius 1 is 1.73 bits per heavy atom. The van der Waals surface area contributed by atoms with Crippen molar-refractivity contribution in [2.75, 3.05) is 6.61 Å². The average molecular weight is 234 g/mol. The Morgan fingerprint density at radius 2 is 2.40 bits per heavy atom. The zero-order valence-corrected chi connectivity index (χ0v) is 10.1. The van der Waals surface area contributed by atoms with E-state index in [0.717, 1.165) is 18.4 Å². The minimum Gasteiger partial charge on any atom is -0.479 e. The first kappa shape index (κ1) is 14.5. The highest BCUT2D eigenvalue weighted by atomic mass is 35.5. The summed E-state index contributed by atoms with van der Waals surface area (Å²) in [6.45, 7) is 4.35. The van der Waals surface area contributed by atoms with Crippen molar-refractivity contribution in [1.29, 1.82) is 5.41 Å². The molecule has 0 spiro atoms. The Morgan fingerprint density at radius 3 is 2.93 bits per heavy atom. The lowest BCUT2D eigenvalue weighted by Crippen LogP contribution is -2.28. The third-order valence-electron chi connectivity index (χ3n) is 2.65. The molecule has 0 aromatic carbocycles. The van der Waals surface area contributed by atoms with Gasteiger partial charge in [0.05, 0.1) is 6.61 Å². The third kappa shape index (κ3) is 3.84. The summed E-state index contributed by atoms with van der Waals surface area (Å²) in [4.78, 5) is 0. The second-order valence-electron chi connectivity index (χ2n) is 3.74. The molecule has 1 aliphatic rings. The van der Waals surface area contributed by atoms with Gasteiger partial charge in [-0.05, 0) is 37.7 Å². The normalized spacial score (nSPS) is 22.3. The fourth-order valence-corrected chi connectivity index (χ4v) is 1.83. The van der Waals surface area contributed by atoms with Crippen LogP contribution in [0, 0.1) is 11.3 Å². The first-order valence-electron chi connectivity index (χ1n) is 5.26. The Bertz CT molecular complexity index is 241. The fraction of sp³-hybridized carbons (Fsp3) is 0.727. The van der Waals surface area contributed by atoms with E-state index in [0.29, 0.717) is 12.5 Å². The quantitative estimate of drug-likeness (QED) is 0.447. The second-order valence-corrected chi connectivity index (χ2v) is 3.74. The Kier molecular flexibility index (Phi) is 6.61. The molecule has 0 amide bonds. The fourth-order valence-electron chi connectivity index (χ4n) is 1.83. The number of hydrogen-bond donors (Lipinski definition) is 2. The van der Waals surface area contributed by atoms with Gasteiger partial charge in [-0.25, -0.2) is 0 Å². The smallest absolute Gasteiger partial charge is 0.214 e. The monoisotopic (exact) mass is 233 g/mol. The molecule has 0 aromatic heterocycles. The SMILES string of the molecule is CCOC(=N)C(O)C1=CCCCC1C.Cl. The van der Waals surface area contributed by atoms with Crippen molar-refractivity contribution in [3.63, 3.8) is 0 Å². The lowest BCUT2D eigenvalue weighted by atomic mass is 9.86. The molecule has 3 nitrogen and oxygen atoms in total. The maximum atomic E-state index is 9.83. The summed E-state index contributed by atoms with van der Waals surface area (Å²) in [6, 6.07) is 0. The number of ether oxygens (including phenoxy) is 1. The molecule has 0 bridgehead atoms. The summed E-state index contributed by atoms with van der Waals surface area (Å²) in [5, 5.41) is 17.3. The maximum Gasteiger partial charge on any atom is 0.214 e. The van der Waals surface area contributed by atoms with Crippen LogP contribution in [0.3, 0.4) is 0 Å². The molecule has 4 heteroatoms. The molecule has 88 valence electrons. The van der Waals surface area contributed by atoms with Crippen LogP contribution in [0.1, 0.15) is 33.1 Å². The van der Waals surface area contributed by atoms with Gasteiger partial charge in [-0.2, -0.15) is 0 Å². The molecule has 0 aromatic rings. The van der Waals surface area contributed by atoms with E-state index in [1.165, 1.54) is 6.42 Å². The van der Waals surface area contributed by atoms with Crippen LogP contribution < -0.4 is 0 Å². The lowest BCUT2D eigenvalue weighted by Gasteiger charge is -2.24. The Hall–Kier alpha value is -0.540. The molecule has 0 fully saturated rings. The van der Waals surface area contributed by atoms with Crippen molar-refractivity contribution in [1.82, 2.24) is 0 Å². The Balaban J connectivity index is 0.00000196. The molecule has 0 saturated heterocycles. The number of halogens is 1. The maximum absolute atomic E-state index is 9.83. The van der Waals surface area contributed by atoms with E-state index in [1.54, 1.807) is 0 Å². The van der Waals surface area contributed by atoms with Gasteiger partial charge in [0.15, 0.2) is 6.10 Å². The van der Waals surface area contributed by atoms with Crippen LogP contribution in [0.15, 0.2) is 11.6 Å². The van der Waals surface area contributed by atoms with Crippen LogP contribution in [0.4, 0.5) is 0 Å². The topological polar surface area (TPSA) is 53.3 Å². The first-order chi connectivity index (χ1) is 6.66. The summed E-state index contributed by atoms with van der Waals surface area (Å²) < 4.78 is 5.00. The van der Waals surface area contributed by atoms with E-state index >= 15 is 0 Å². The highest BCUT2D eigenvalue weighted by Crippen LogP contribution is 2.27. The zero-order valence-electron chi connectivity index (χ0n) is 9.32. The molecule has 1 aliphatic carbocycles. The molecule has 0 aliphatic heterocycles. The lowest BCUT2D eigenvalue weighted by molar-refractivity contribution is 0.201. The van der Waals surface area contributed by atoms with Gasteiger partial charge in [-0.1, -0.05) is 13.0 Å². The molecule has 2 N–H and O–H groups in total. The van der Waals surface area contributed by atoms with Crippen LogP contribution in [0.25, 0.3) is 0 Å². The predicted molar refractivity (Wildman–Crippen MR) is 63.7 cm³/mol. The Labute approximate surface area is 97.4 Å². The molecule has 15 heavy (non-hydrogen) atoms. The highest BCUT2D eigenvalue weighted by Gasteiger charge is 2.23. The number of aliphatic hydroxyl groups excluding tert-OH is 1. The van der Waals surface area contributed by atoms with Gasteiger partial charge in [0.2, 0.25) is 5.90 Å². The van der Waals surface area contributed by atoms with Gasteiger partial charge in [0.1, 0.15) is 0 Å². The number of allylic oxidation sites excluding steroid dienone is 1. The van der Waals surface area contributed by atoms with Crippen molar-refractivity contribution in [3.05, 3.63) is 11.6 Å². The molecule has 0 radical (unpaired) electrons. The van der Waals surface area contributed by atoms with Gasteiger partial charge < -0.3 is 9.84 Å². The predicted octanol–water partition coefficient (Wildman–Crippen LogP) is 2.53. The van der Waals surface area contributed by atoms with Crippen molar-refractivity contribution in [2.24, 2.45) is 5.92 Å². The van der Waals surface area contributed by atoms with Crippen molar-refractivity contribution < 1.29 is 9.84 Å². The van der Waals surface area contributed by atoms with E-state index in [4.69, 9.17) is 10.1 Å². The van der Waals surface area contributed by atoms with E-state index in [1.807, 2.05) is 13.0 Å². The summed E-state index contributed by atoms with van der Waals surface area (Å²) in [6.07, 6.45) is 4.51. The van der Waals surface area contributed by atoms with E-state index < -0.39 is 6.10 Å². The third-order valence-corrected chi connectivity index (χ3v) is 2.65. The van der Waals surface area contributed by atoms with Gasteiger partial charge in [-0.15, -0.1) is 12.4 Å². The van der Waals surface area contributed by atoms with Crippen LogP contribution in [0.2, 0.25) is 0 Å². The van der Waals surface area contributed by atoms with Gasteiger partial charge in [-0.3, -0.25) is 5.41 Å². The van der Waals surface area contributed by atoms with E-state index in [9.17, 15) is 5.11 Å². The summed E-state index contributed by atoms with van der Waals surface area (Å²) in [5.74, 6) is 0.354. The average Bonchev–Trinajstić information content (AvgIpc) is 2.18. The number of aliphatic hydroxyl groups is 1. The molecular weight excluding hydrogens is 214 g/mol. The van der Waals surface area contributed by atoms with Crippen molar-refractivity contribution >= 4 is 18.3 Å². The largest absolute Gasteiger partial charge is 0.479 e. The highest BCUT2D eigenvalue weighted by molar-refractivity contribution is 5.85. The van der Waals surface area contributed by atoms with E-state index in [-0.39, 0.29) is 18.3 Å². The number of hydrogen-bond acceptors (Lipinski definition) is 3. The minimum absolute atomic E-state index is 0. The molecule has 0 saturated carbocycles. The second kappa shape index (κ2) is 6.85. The van der Waals surface area contributed by atoms with Crippen LogP contribution in [0.5, 0.6) is 0 Å². The first-order valence-corrected chi connectivity index (χ1v) is 5.26. The molecule has 0 heterocycles. The molecule has 1 rings (SSSR count). The summed E-state index contributed by atoms with van der Waals surface area (Å²) in [7, 11) is 0. The molecule has 2 atom stereocenters. The van der Waals surface area contributed by atoms with Crippen molar-refractivity contribution in [3.8, 4) is 0 Å². The summed E-state index contributed by atoms with van der Waals surface area (Å²) in [5.41, 5.74) is 0.953. The molecule has 2 unspecified atom stereocenters. The number of nitrogens with one attached hydrogen (secondary N) is 1. The van der Waals surface area contributed by atoms with Gasteiger partial charge in [0.25, 0.3) is 0 Å². The summed E-state index contributed by atoms with van der Waals surface area (Å²) >= 11 is 0. The standard InChI is InChI=1S/C11H19NO2.ClH/c1-3-14-11(12)10(13)9-7-5-4-6-8(9)2;/h7-8,10,12-13H,3-6H2,1-2H3;1H. The number of rotatable bonds is 3. The van der Waals surface area contributed by atoms with Gasteiger partial charge >= 0.3 is 0 Å². The zero-order chi connectivity index (χ0) is 10.6. The molecular formula is C11H20ClNO2.